The van der Waals surface area contributed by atoms with Crippen LogP contribution in [0.5, 0.6) is 0 Å². The largest absolute Gasteiger partial charge is 0.379 e. The van der Waals surface area contributed by atoms with Crippen molar-refractivity contribution in [1.82, 2.24) is 4.90 Å². The molecule has 6 heteroatoms. The van der Waals surface area contributed by atoms with Gasteiger partial charge in [0, 0.05) is 13.1 Å². The van der Waals surface area contributed by atoms with Crippen LogP contribution in [-0.4, -0.2) is 37.4 Å². The van der Waals surface area contributed by atoms with Gasteiger partial charge < -0.3 is 4.74 Å². The van der Waals surface area contributed by atoms with Crippen molar-refractivity contribution in [3.63, 3.8) is 0 Å². The lowest BCUT2D eigenvalue weighted by atomic mass is 10.0. The lowest BCUT2D eigenvalue weighted by Gasteiger charge is -2.38. The molecule has 2 aliphatic heterocycles. The van der Waals surface area contributed by atoms with E-state index in [4.69, 9.17) is 16.3 Å². The van der Waals surface area contributed by atoms with Crippen molar-refractivity contribution in [2.45, 2.75) is 12.2 Å². The van der Waals surface area contributed by atoms with Gasteiger partial charge in [0.05, 0.1) is 23.9 Å². The lowest BCUT2D eigenvalue weighted by molar-refractivity contribution is 0.0140. The van der Waals surface area contributed by atoms with Gasteiger partial charge in [-0.15, -0.1) is 0 Å². The minimum Gasteiger partial charge on any atom is -0.379 e. The van der Waals surface area contributed by atoms with Gasteiger partial charge in [-0.3, -0.25) is 4.90 Å². The Hall–Kier alpha value is -1.95. The monoisotopic (exact) mass is 342 g/mol. The van der Waals surface area contributed by atoms with Crippen molar-refractivity contribution in [2.24, 2.45) is 10.3 Å². The van der Waals surface area contributed by atoms with E-state index in [1.807, 2.05) is 47.5 Å². The molecule has 0 aliphatic carbocycles. The zero-order chi connectivity index (χ0) is 16.4. The average molecular weight is 343 g/mol. The number of para-hydroxylation sites is 1. The summed E-state index contributed by atoms with van der Waals surface area (Å²) in [5, 5.41) is 11.7. The molecule has 1 fully saturated rings. The van der Waals surface area contributed by atoms with Crippen molar-refractivity contribution in [3.8, 4) is 0 Å². The third kappa shape index (κ3) is 2.90. The summed E-state index contributed by atoms with van der Waals surface area (Å²) >= 11 is 6.42. The Morgan fingerprint density at radius 2 is 1.67 bits per heavy atom. The van der Waals surface area contributed by atoms with Crippen molar-refractivity contribution < 1.29 is 4.74 Å². The predicted octanol–water partition coefficient (Wildman–Crippen LogP) is 3.93. The van der Waals surface area contributed by atoms with Crippen LogP contribution in [0.4, 0.5) is 5.69 Å². The number of anilines is 1. The number of benzene rings is 2. The molecule has 0 amide bonds. The van der Waals surface area contributed by atoms with Gasteiger partial charge in [0.15, 0.2) is 0 Å². The Morgan fingerprint density at radius 1 is 0.958 bits per heavy atom. The van der Waals surface area contributed by atoms with Crippen LogP contribution in [0.1, 0.15) is 11.6 Å². The number of hydrogen-bond donors (Lipinski definition) is 0. The van der Waals surface area contributed by atoms with Gasteiger partial charge >= 0.3 is 0 Å². The molecule has 0 radical (unpaired) electrons. The molecule has 2 aromatic rings. The second-order valence-electron chi connectivity index (χ2n) is 5.92. The Balaban J connectivity index is 1.71. The van der Waals surface area contributed by atoms with E-state index in [0.29, 0.717) is 5.02 Å². The van der Waals surface area contributed by atoms with Crippen molar-refractivity contribution in [3.05, 3.63) is 65.2 Å². The molecule has 0 spiro atoms. The Bertz CT molecular complexity index is 718. The first-order valence-electron chi connectivity index (χ1n) is 8.16. The number of nitrogens with zero attached hydrogens (tertiary/aromatic N) is 4. The molecule has 2 aromatic carbocycles. The number of hydrogen-bond acceptors (Lipinski definition) is 5. The summed E-state index contributed by atoms with van der Waals surface area (Å²) in [7, 11) is 0. The van der Waals surface area contributed by atoms with E-state index in [9.17, 15) is 0 Å². The summed E-state index contributed by atoms with van der Waals surface area (Å²) in [6.45, 7) is 3.18. The summed E-state index contributed by atoms with van der Waals surface area (Å²) in [6.07, 6.45) is 0.0104. The smallest absolute Gasteiger partial charge is 0.135 e. The maximum Gasteiger partial charge on any atom is 0.135 e. The van der Waals surface area contributed by atoms with E-state index in [2.05, 4.69) is 27.4 Å². The lowest BCUT2D eigenvalue weighted by Crippen LogP contribution is -2.51. The number of halogens is 1. The zero-order valence-electron chi connectivity index (χ0n) is 13.3. The van der Waals surface area contributed by atoms with E-state index in [-0.39, 0.29) is 12.2 Å². The van der Waals surface area contributed by atoms with E-state index in [1.54, 1.807) is 0 Å². The third-order valence-electron chi connectivity index (χ3n) is 4.47. The Morgan fingerprint density at radius 3 is 2.42 bits per heavy atom. The average Bonchev–Trinajstić information content (AvgIpc) is 3.08. The van der Waals surface area contributed by atoms with Gasteiger partial charge in [0.25, 0.3) is 0 Å². The van der Waals surface area contributed by atoms with Crippen LogP contribution >= 0.6 is 11.6 Å². The van der Waals surface area contributed by atoms with E-state index in [1.165, 1.54) is 0 Å². The summed E-state index contributed by atoms with van der Waals surface area (Å²) in [5.74, 6) is 0. The van der Waals surface area contributed by atoms with Crippen LogP contribution < -0.4 is 5.01 Å². The summed E-state index contributed by atoms with van der Waals surface area (Å²) in [6, 6.07) is 18.0. The van der Waals surface area contributed by atoms with Crippen LogP contribution in [0, 0.1) is 0 Å². The molecule has 5 nitrogen and oxygen atoms in total. The highest BCUT2D eigenvalue weighted by atomic mass is 35.5. The fourth-order valence-electron chi connectivity index (χ4n) is 3.27. The summed E-state index contributed by atoms with van der Waals surface area (Å²) < 4.78 is 5.52. The highest BCUT2D eigenvalue weighted by molar-refractivity contribution is 6.33. The van der Waals surface area contributed by atoms with Crippen LogP contribution in [-0.2, 0) is 4.74 Å². The Labute approximate surface area is 146 Å². The minimum atomic E-state index is -0.0411. The molecule has 1 saturated heterocycles. The van der Waals surface area contributed by atoms with Gasteiger partial charge in [-0.25, -0.2) is 5.01 Å². The number of morpholine rings is 1. The topological polar surface area (TPSA) is 40.4 Å². The quantitative estimate of drug-likeness (QED) is 0.848. The Kier molecular flexibility index (Phi) is 4.47. The molecule has 0 N–H and O–H groups in total. The van der Waals surface area contributed by atoms with Gasteiger partial charge in [-0.1, -0.05) is 59.3 Å². The fraction of sp³-hybridized carbons (Fsp3) is 0.333. The van der Waals surface area contributed by atoms with Crippen molar-refractivity contribution in [2.75, 3.05) is 31.3 Å². The highest BCUT2D eigenvalue weighted by Crippen LogP contribution is 2.39. The summed E-state index contributed by atoms with van der Waals surface area (Å²) in [4.78, 5) is 2.38. The van der Waals surface area contributed by atoms with Crippen molar-refractivity contribution >= 4 is 17.3 Å². The molecular formula is C18H19ClN4O. The molecule has 124 valence electrons. The standard InChI is InChI=1S/C18H19ClN4O/c19-15-8-4-5-9-16(15)23-18(22-10-12-24-13-11-22)17(20-21-23)14-6-2-1-3-7-14/h1-9,17-18H,10-13H2. The first kappa shape index (κ1) is 15.6. The third-order valence-corrected chi connectivity index (χ3v) is 4.79. The van der Waals surface area contributed by atoms with Gasteiger partial charge in [0.1, 0.15) is 12.2 Å². The first-order chi connectivity index (χ1) is 11.8. The molecule has 2 heterocycles. The molecule has 0 saturated carbocycles. The fourth-order valence-corrected chi connectivity index (χ4v) is 3.49. The molecule has 0 bridgehead atoms. The molecule has 2 aliphatic rings. The van der Waals surface area contributed by atoms with Crippen LogP contribution in [0.3, 0.4) is 0 Å². The zero-order valence-corrected chi connectivity index (χ0v) is 14.0. The van der Waals surface area contributed by atoms with E-state index < -0.39 is 0 Å². The van der Waals surface area contributed by atoms with Gasteiger partial charge in [-0.05, 0) is 17.7 Å². The molecule has 0 aromatic heterocycles. The molecular weight excluding hydrogens is 324 g/mol. The maximum atomic E-state index is 6.42. The van der Waals surface area contributed by atoms with Gasteiger partial charge in [0.2, 0.25) is 0 Å². The molecule has 2 unspecified atom stereocenters. The van der Waals surface area contributed by atoms with Crippen LogP contribution in [0.25, 0.3) is 0 Å². The second kappa shape index (κ2) is 6.89. The SMILES string of the molecule is Clc1ccccc1N1N=NC(c2ccccc2)C1N1CCOCC1. The molecule has 24 heavy (non-hydrogen) atoms. The van der Waals surface area contributed by atoms with E-state index >= 15 is 0 Å². The highest BCUT2D eigenvalue weighted by Gasteiger charge is 2.40. The second-order valence-corrected chi connectivity index (χ2v) is 6.33. The minimum absolute atomic E-state index is 0.0104. The summed E-state index contributed by atoms with van der Waals surface area (Å²) in [5.41, 5.74) is 2.05. The number of ether oxygens (including phenoxy) is 1. The molecule has 4 rings (SSSR count). The van der Waals surface area contributed by atoms with Crippen LogP contribution in [0.2, 0.25) is 5.02 Å². The van der Waals surface area contributed by atoms with Crippen LogP contribution in [0.15, 0.2) is 64.9 Å². The predicted molar refractivity (Wildman–Crippen MR) is 94.2 cm³/mol. The number of rotatable bonds is 3. The van der Waals surface area contributed by atoms with Gasteiger partial charge in [-0.2, -0.15) is 5.11 Å². The van der Waals surface area contributed by atoms with Crippen molar-refractivity contribution in [1.29, 1.82) is 0 Å². The molecule has 2 atom stereocenters. The first-order valence-corrected chi connectivity index (χ1v) is 8.53. The van der Waals surface area contributed by atoms with E-state index in [0.717, 1.165) is 37.6 Å². The normalized spacial score (nSPS) is 24.5. The maximum absolute atomic E-state index is 6.42.